The fraction of sp³-hybridized carbons (Fsp3) is 0.467. The maximum atomic E-state index is 12.2. The minimum Gasteiger partial charge on any atom is -0.439 e. The second-order valence-corrected chi connectivity index (χ2v) is 4.97. The van der Waals surface area contributed by atoms with Gasteiger partial charge in [0.2, 0.25) is 0 Å². The molecular formula is C15H19NO3. The summed E-state index contributed by atoms with van der Waals surface area (Å²) in [6, 6.07) is 8.99. The van der Waals surface area contributed by atoms with Crippen molar-refractivity contribution in [3.63, 3.8) is 0 Å². The molecule has 1 fully saturated rings. The van der Waals surface area contributed by atoms with Crippen LogP contribution in [0.5, 0.6) is 0 Å². The molecule has 0 bridgehead atoms. The number of ether oxygens (including phenoxy) is 1. The Balaban J connectivity index is 2.11. The first-order valence-electron chi connectivity index (χ1n) is 6.68. The molecule has 0 spiro atoms. The second kappa shape index (κ2) is 5.87. The van der Waals surface area contributed by atoms with Crippen molar-refractivity contribution in [2.45, 2.75) is 44.8 Å². The lowest BCUT2D eigenvalue weighted by molar-refractivity contribution is -0.163. The van der Waals surface area contributed by atoms with E-state index in [0.717, 1.165) is 19.3 Å². The van der Waals surface area contributed by atoms with Crippen LogP contribution in [0.2, 0.25) is 0 Å². The fourth-order valence-corrected chi connectivity index (χ4v) is 2.52. The van der Waals surface area contributed by atoms with Crippen LogP contribution >= 0.6 is 0 Å². The molecular weight excluding hydrogens is 242 g/mol. The summed E-state index contributed by atoms with van der Waals surface area (Å²) in [5, 5.41) is 2.90. The van der Waals surface area contributed by atoms with E-state index < -0.39 is 5.72 Å². The smallest absolute Gasteiger partial charge is 0.304 e. The molecule has 1 amide bonds. The molecule has 0 aromatic heterocycles. The molecule has 0 saturated heterocycles. The molecule has 1 aromatic rings. The van der Waals surface area contributed by atoms with E-state index in [1.165, 1.54) is 6.92 Å². The molecule has 1 aliphatic carbocycles. The topological polar surface area (TPSA) is 55.4 Å². The molecule has 0 heterocycles. The van der Waals surface area contributed by atoms with Gasteiger partial charge in [-0.25, -0.2) is 0 Å². The number of hydrogen-bond acceptors (Lipinski definition) is 3. The van der Waals surface area contributed by atoms with Gasteiger partial charge in [0.05, 0.1) is 0 Å². The van der Waals surface area contributed by atoms with Gasteiger partial charge < -0.3 is 10.1 Å². The molecule has 0 atom stereocenters. The Morgan fingerprint density at radius 1 is 1.11 bits per heavy atom. The fourth-order valence-electron chi connectivity index (χ4n) is 2.52. The maximum absolute atomic E-state index is 12.2. The lowest BCUT2D eigenvalue weighted by Crippen LogP contribution is -2.52. The summed E-state index contributed by atoms with van der Waals surface area (Å²) in [5.41, 5.74) is -0.239. The number of carbonyl (C=O) groups excluding carboxylic acids is 2. The first-order valence-corrected chi connectivity index (χ1v) is 6.68. The molecule has 0 radical (unpaired) electrons. The number of nitrogens with one attached hydrogen (secondary N) is 1. The predicted molar refractivity (Wildman–Crippen MR) is 71.5 cm³/mol. The van der Waals surface area contributed by atoms with Gasteiger partial charge in [-0.1, -0.05) is 24.6 Å². The van der Waals surface area contributed by atoms with Crippen molar-refractivity contribution in [3.8, 4) is 0 Å². The van der Waals surface area contributed by atoms with E-state index in [9.17, 15) is 9.59 Å². The quantitative estimate of drug-likeness (QED) is 0.672. The lowest BCUT2D eigenvalue weighted by atomic mass is 9.91. The summed E-state index contributed by atoms with van der Waals surface area (Å²) in [6.07, 6.45) is 4.41. The van der Waals surface area contributed by atoms with E-state index in [1.807, 2.05) is 18.2 Å². The van der Waals surface area contributed by atoms with Crippen LogP contribution in [-0.2, 0) is 9.53 Å². The summed E-state index contributed by atoms with van der Waals surface area (Å²) in [7, 11) is 0. The van der Waals surface area contributed by atoms with E-state index in [1.54, 1.807) is 12.1 Å². The van der Waals surface area contributed by atoms with Gasteiger partial charge in [-0.05, 0) is 25.0 Å². The third-order valence-electron chi connectivity index (χ3n) is 3.38. The zero-order valence-electron chi connectivity index (χ0n) is 11.1. The molecule has 1 saturated carbocycles. The summed E-state index contributed by atoms with van der Waals surface area (Å²) in [4.78, 5) is 23.5. The van der Waals surface area contributed by atoms with Crippen LogP contribution in [0.3, 0.4) is 0 Å². The lowest BCUT2D eigenvalue weighted by Gasteiger charge is -2.37. The zero-order chi connectivity index (χ0) is 13.7. The normalized spacial score (nSPS) is 17.5. The summed E-state index contributed by atoms with van der Waals surface area (Å²) < 4.78 is 5.40. The van der Waals surface area contributed by atoms with Crippen LogP contribution in [0.15, 0.2) is 30.3 Å². The molecule has 1 aromatic carbocycles. The van der Waals surface area contributed by atoms with Crippen molar-refractivity contribution in [1.29, 1.82) is 0 Å². The molecule has 4 heteroatoms. The summed E-state index contributed by atoms with van der Waals surface area (Å²) in [5.74, 6) is -0.543. The number of rotatable bonds is 3. The van der Waals surface area contributed by atoms with Gasteiger partial charge in [-0.3, -0.25) is 9.59 Å². The first kappa shape index (κ1) is 13.6. The van der Waals surface area contributed by atoms with Crippen molar-refractivity contribution in [3.05, 3.63) is 35.9 Å². The van der Waals surface area contributed by atoms with Gasteiger partial charge in [-0.2, -0.15) is 0 Å². The third kappa shape index (κ3) is 3.56. The Hall–Kier alpha value is -1.84. The molecule has 0 aliphatic heterocycles. The molecule has 19 heavy (non-hydrogen) atoms. The van der Waals surface area contributed by atoms with E-state index in [-0.39, 0.29) is 11.9 Å². The number of benzene rings is 1. The minimum atomic E-state index is -0.822. The average Bonchev–Trinajstić information content (AvgIpc) is 2.39. The SMILES string of the molecule is CC(=O)OC1(NC(=O)c2ccccc2)CCCCC1. The highest BCUT2D eigenvalue weighted by Crippen LogP contribution is 2.29. The van der Waals surface area contributed by atoms with Crippen LogP contribution in [0.1, 0.15) is 49.4 Å². The van der Waals surface area contributed by atoms with Gasteiger partial charge >= 0.3 is 5.97 Å². The van der Waals surface area contributed by atoms with Gasteiger partial charge in [0, 0.05) is 25.3 Å². The Morgan fingerprint density at radius 3 is 2.32 bits per heavy atom. The van der Waals surface area contributed by atoms with Gasteiger partial charge in [-0.15, -0.1) is 0 Å². The van der Waals surface area contributed by atoms with Crippen LogP contribution in [-0.4, -0.2) is 17.6 Å². The van der Waals surface area contributed by atoms with Gasteiger partial charge in [0.1, 0.15) is 0 Å². The van der Waals surface area contributed by atoms with Crippen molar-refractivity contribution >= 4 is 11.9 Å². The van der Waals surface area contributed by atoms with Crippen molar-refractivity contribution in [2.24, 2.45) is 0 Å². The molecule has 2 rings (SSSR count). The van der Waals surface area contributed by atoms with E-state index in [0.29, 0.717) is 18.4 Å². The predicted octanol–water partition coefficient (Wildman–Crippen LogP) is 2.64. The number of esters is 1. The number of amides is 1. The zero-order valence-corrected chi connectivity index (χ0v) is 11.1. The first-order chi connectivity index (χ1) is 9.11. The van der Waals surface area contributed by atoms with E-state index in [2.05, 4.69) is 5.32 Å². The third-order valence-corrected chi connectivity index (χ3v) is 3.38. The Morgan fingerprint density at radius 2 is 1.74 bits per heavy atom. The maximum Gasteiger partial charge on any atom is 0.304 e. The van der Waals surface area contributed by atoms with Gasteiger partial charge in [0.25, 0.3) is 5.91 Å². The van der Waals surface area contributed by atoms with Crippen molar-refractivity contribution in [1.82, 2.24) is 5.32 Å². The van der Waals surface area contributed by atoms with Crippen LogP contribution in [0, 0.1) is 0 Å². The van der Waals surface area contributed by atoms with Crippen molar-refractivity contribution in [2.75, 3.05) is 0 Å². The van der Waals surface area contributed by atoms with Crippen molar-refractivity contribution < 1.29 is 14.3 Å². The highest BCUT2D eigenvalue weighted by molar-refractivity contribution is 5.94. The van der Waals surface area contributed by atoms with E-state index >= 15 is 0 Å². The summed E-state index contributed by atoms with van der Waals surface area (Å²) >= 11 is 0. The highest BCUT2D eigenvalue weighted by Gasteiger charge is 2.36. The number of carbonyl (C=O) groups is 2. The second-order valence-electron chi connectivity index (χ2n) is 4.97. The molecule has 102 valence electrons. The minimum absolute atomic E-state index is 0.191. The van der Waals surface area contributed by atoms with Gasteiger partial charge in [0.15, 0.2) is 5.72 Å². The molecule has 4 nitrogen and oxygen atoms in total. The Bertz CT molecular complexity index is 450. The number of hydrogen-bond donors (Lipinski definition) is 1. The van der Waals surface area contributed by atoms with E-state index in [4.69, 9.17) is 4.74 Å². The van der Waals surface area contributed by atoms with Crippen LogP contribution in [0.25, 0.3) is 0 Å². The highest BCUT2D eigenvalue weighted by atomic mass is 16.6. The van der Waals surface area contributed by atoms with Crippen LogP contribution in [0.4, 0.5) is 0 Å². The largest absolute Gasteiger partial charge is 0.439 e. The average molecular weight is 261 g/mol. The monoisotopic (exact) mass is 261 g/mol. The summed E-state index contributed by atoms with van der Waals surface area (Å²) in [6.45, 7) is 1.38. The standard InChI is InChI=1S/C15H19NO3/c1-12(17)19-15(10-6-3-7-11-15)16-14(18)13-8-4-2-5-9-13/h2,4-5,8-9H,3,6-7,10-11H2,1H3,(H,16,18). The molecule has 1 N–H and O–H groups in total. The molecule has 1 aliphatic rings. The molecule has 0 unspecified atom stereocenters. The van der Waals surface area contributed by atoms with Crippen LogP contribution < -0.4 is 5.32 Å². The Kier molecular flexibility index (Phi) is 4.20. The Labute approximate surface area is 113 Å².